The molecule has 0 amide bonds. The Labute approximate surface area is 119 Å². The van der Waals surface area contributed by atoms with Crippen LogP contribution in [-0.4, -0.2) is 52.6 Å². The molecular weight excluding hydrogens is 264 g/mol. The van der Waals surface area contributed by atoms with Gasteiger partial charge in [-0.3, -0.25) is 0 Å². The molecule has 0 aromatic carbocycles. The first-order valence-electron chi connectivity index (χ1n) is 6.89. The molecule has 0 atom stereocenters. The fourth-order valence-electron chi connectivity index (χ4n) is 2.18. The SMILES string of the molecule is CCNc1nc(Cl)nc(NCCCN2CCCC2)n1. The molecular formula is C12H21ClN6. The van der Waals surface area contributed by atoms with Crippen LogP contribution in [0.25, 0.3) is 0 Å². The molecule has 0 radical (unpaired) electrons. The van der Waals surface area contributed by atoms with Crippen molar-refractivity contribution in [3.63, 3.8) is 0 Å². The molecule has 0 saturated carbocycles. The summed E-state index contributed by atoms with van der Waals surface area (Å²) in [4.78, 5) is 14.8. The number of hydrogen-bond donors (Lipinski definition) is 2. The lowest BCUT2D eigenvalue weighted by Crippen LogP contribution is -2.22. The van der Waals surface area contributed by atoms with Gasteiger partial charge in [-0.05, 0) is 57.4 Å². The van der Waals surface area contributed by atoms with Gasteiger partial charge in [0.2, 0.25) is 17.2 Å². The first-order chi connectivity index (χ1) is 9.28. The summed E-state index contributed by atoms with van der Waals surface area (Å²) in [5.74, 6) is 1.06. The lowest BCUT2D eigenvalue weighted by atomic mass is 10.4. The summed E-state index contributed by atoms with van der Waals surface area (Å²) < 4.78 is 0. The minimum Gasteiger partial charge on any atom is -0.354 e. The molecule has 1 fully saturated rings. The predicted molar refractivity (Wildman–Crippen MR) is 77.8 cm³/mol. The van der Waals surface area contributed by atoms with E-state index >= 15 is 0 Å². The molecule has 7 heteroatoms. The second-order valence-corrected chi connectivity index (χ2v) is 4.95. The molecule has 2 N–H and O–H groups in total. The van der Waals surface area contributed by atoms with Gasteiger partial charge in [0.1, 0.15) is 0 Å². The van der Waals surface area contributed by atoms with Gasteiger partial charge in [-0.1, -0.05) is 0 Å². The third-order valence-corrected chi connectivity index (χ3v) is 3.24. The Kier molecular flexibility index (Phi) is 5.60. The van der Waals surface area contributed by atoms with Crippen molar-refractivity contribution in [2.45, 2.75) is 26.2 Å². The van der Waals surface area contributed by atoms with Crippen LogP contribution < -0.4 is 10.6 Å². The third-order valence-electron chi connectivity index (χ3n) is 3.08. The number of nitrogens with zero attached hydrogens (tertiary/aromatic N) is 4. The van der Waals surface area contributed by atoms with Crippen LogP contribution in [0.2, 0.25) is 5.28 Å². The lowest BCUT2D eigenvalue weighted by Gasteiger charge is -2.14. The van der Waals surface area contributed by atoms with Crippen LogP contribution in [0.3, 0.4) is 0 Å². The molecule has 6 nitrogen and oxygen atoms in total. The maximum atomic E-state index is 5.85. The standard InChI is InChI=1S/C12H21ClN6/c1-2-14-11-16-10(13)17-12(18-11)15-6-5-9-19-7-3-4-8-19/h2-9H2,1H3,(H2,14,15,16,17,18). The topological polar surface area (TPSA) is 66.0 Å². The van der Waals surface area contributed by atoms with Gasteiger partial charge in [-0.2, -0.15) is 15.0 Å². The maximum Gasteiger partial charge on any atom is 0.228 e. The van der Waals surface area contributed by atoms with Crippen molar-refractivity contribution in [1.29, 1.82) is 0 Å². The highest BCUT2D eigenvalue weighted by Gasteiger charge is 2.10. The fraction of sp³-hybridized carbons (Fsp3) is 0.750. The van der Waals surface area contributed by atoms with Crippen molar-refractivity contribution in [3.05, 3.63) is 5.28 Å². The molecule has 0 unspecified atom stereocenters. The highest BCUT2D eigenvalue weighted by Crippen LogP contribution is 2.10. The fourth-order valence-corrected chi connectivity index (χ4v) is 2.34. The van der Waals surface area contributed by atoms with Crippen molar-refractivity contribution in [2.75, 3.05) is 43.4 Å². The van der Waals surface area contributed by atoms with Crippen molar-refractivity contribution in [2.24, 2.45) is 0 Å². The van der Waals surface area contributed by atoms with Gasteiger partial charge >= 0.3 is 0 Å². The number of anilines is 2. The van der Waals surface area contributed by atoms with Gasteiger partial charge in [0.05, 0.1) is 0 Å². The zero-order chi connectivity index (χ0) is 13.5. The summed E-state index contributed by atoms with van der Waals surface area (Å²) in [5, 5.41) is 6.44. The maximum absolute atomic E-state index is 5.85. The van der Waals surface area contributed by atoms with Gasteiger partial charge in [-0.25, -0.2) is 0 Å². The summed E-state index contributed by atoms with van der Waals surface area (Å²) >= 11 is 5.85. The highest BCUT2D eigenvalue weighted by molar-refractivity contribution is 6.28. The molecule has 0 aliphatic carbocycles. The molecule has 0 spiro atoms. The summed E-state index contributed by atoms with van der Waals surface area (Å²) in [6, 6.07) is 0. The summed E-state index contributed by atoms with van der Waals surface area (Å²) in [7, 11) is 0. The Hall–Kier alpha value is -1.14. The Bertz CT molecular complexity index is 394. The summed E-state index contributed by atoms with van der Waals surface area (Å²) in [6.07, 6.45) is 3.75. The van der Waals surface area contributed by atoms with Gasteiger partial charge in [0.25, 0.3) is 0 Å². The van der Waals surface area contributed by atoms with Crippen LogP contribution in [0.15, 0.2) is 0 Å². The van der Waals surface area contributed by atoms with Crippen molar-refractivity contribution in [1.82, 2.24) is 19.9 Å². The Morgan fingerprint density at radius 3 is 2.47 bits per heavy atom. The van der Waals surface area contributed by atoms with Crippen LogP contribution >= 0.6 is 11.6 Å². The second kappa shape index (κ2) is 7.45. The van der Waals surface area contributed by atoms with E-state index in [9.17, 15) is 0 Å². The summed E-state index contributed by atoms with van der Waals surface area (Å²) in [5.41, 5.74) is 0. The third kappa shape index (κ3) is 4.80. The number of likely N-dealkylation sites (tertiary alicyclic amines) is 1. The first kappa shape index (κ1) is 14.3. The van der Waals surface area contributed by atoms with E-state index in [-0.39, 0.29) is 5.28 Å². The number of aromatic nitrogens is 3. The molecule has 2 rings (SSSR count). The van der Waals surface area contributed by atoms with Crippen molar-refractivity contribution < 1.29 is 0 Å². The van der Waals surface area contributed by atoms with Crippen LogP contribution in [0, 0.1) is 0 Å². The van der Waals surface area contributed by atoms with E-state index in [1.54, 1.807) is 0 Å². The number of rotatable bonds is 7. The quantitative estimate of drug-likeness (QED) is 0.745. The van der Waals surface area contributed by atoms with E-state index < -0.39 is 0 Å². The largest absolute Gasteiger partial charge is 0.354 e. The van der Waals surface area contributed by atoms with E-state index in [0.29, 0.717) is 11.9 Å². The van der Waals surface area contributed by atoms with E-state index in [1.165, 1.54) is 25.9 Å². The van der Waals surface area contributed by atoms with Gasteiger partial charge < -0.3 is 15.5 Å². The first-order valence-corrected chi connectivity index (χ1v) is 7.27. The Morgan fingerprint density at radius 2 is 1.79 bits per heavy atom. The summed E-state index contributed by atoms with van der Waals surface area (Å²) in [6.45, 7) is 7.20. The van der Waals surface area contributed by atoms with Crippen LogP contribution in [0.4, 0.5) is 11.9 Å². The van der Waals surface area contributed by atoms with Gasteiger partial charge in [-0.15, -0.1) is 0 Å². The minimum atomic E-state index is 0.216. The number of halogens is 1. The highest BCUT2D eigenvalue weighted by atomic mass is 35.5. The van der Waals surface area contributed by atoms with Crippen molar-refractivity contribution in [3.8, 4) is 0 Å². The average molecular weight is 285 g/mol. The molecule has 1 aromatic heterocycles. The van der Waals surface area contributed by atoms with Crippen LogP contribution in [-0.2, 0) is 0 Å². The number of nitrogens with one attached hydrogen (secondary N) is 2. The zero-order valence-corrected chi connectivity index (χ0v) is 12.1. The predicted octanol–water partition coefficient (Wildman–Crippen LogP) is 1.85. The monoisotopic (exact) mass is 284 g/mol. The normalized spacial score (nSPS) is 15.7. The molecule has 1 aliphatic rings. The van der Waals surface area contributed by atoms with Gasteiger partial charge in [0.15, 0.2) is 0 Å². The lowest BCUT2D eigenvalue weighted by molar-refractivity contribution is 0.337. The van der Waals surface area contributed by atoms with E-state index in [1.807, 2.05) is 6.92 Å². The zero-order valence-electron chi connectivity index (χ0n) is 11.3. The Balaban J connectivity index is 1.75. The second-order valence-electron chi connectivity index (χ2n) is 4.61. The van der Waals surface area contributed by atoms with E-state index in [2.05, 4.69) is 30.5 Å². The molecule has 106 valence electrons. The molecule has 0 bridgehead atoms. The Morgan fingerprint density at radius 1 is 1.11 bits per heavy atom. The van der Waals surface area contributed by atoms with Crippen molar-refractivity contribution >= 4 is 23.5 Å². The number of hydrogen-bond acceptors (Lipinski definition) is 6. The van der Waals surface area contributed by atoms with Crippen LogP contribution in [0.5, 0.6) is 0 Å². The smallest absolute Gasteiger partial charge is 0.228 e. The van der Waals surface area contributed by atoms with Crippen LogP contribution in [0.1, 0.15) is 26.2 Å². The molecule has 19 heavy (non-hydrogen) atoms. The van der Waals surface area contributed by atoms with E-state index in [0.717, 1.165) is 26.1 Å². The molecule has 2 heterocycles. The van der Waals surface area contributed by atoms with E-state index in [4.69, 9.17) is 11.6 Å². The molecule has 1 aromatic rings. The molecule has 1 aliphatic heterocycles. The van der Waals surface area contributed by atoms with Gasteiger partial charge in [0, 0.05) is 13.1 Å². The minimum absolute atomic E-state index is 0.216. The molecule has 1 saturated heterocycles. The average Bonchev–Trinajstić information content (AvgIpc) is 2.87.